The number of likely N-dealkylation sites (N-methyl/N-ethyl adjacent to an activating group) is 1. The van der Waals surface area contributed by atoms with E-state index in [9.17, 15) is 9.18 Å². The van der Waals surface area contributed by atoms with Gasteiger partial charge in [0.15, 0.2) is 0 Å². The van der Waals surface area contributed by atoms with E-state index in [-0.39, 0.29) is 30.0 Å². The Bertz CT molecular complexity index is 434. The third-order valence-corrected chi connectivity index (χ3v) is 3.94. The molecule has 1 aliphatic heterocycles. The molecule has 1 saturated heterocycles. The molecular weight excluding hydrogens is 279 g/mol. The molecule has 0 aromatic heterocycles. The first kappa shape index (κ1) is 16.9. The van der Waals surface area contributed by atoms with Crippen LogP contribution in [-0.2, 0) is 11.2 Å². The van der Waals surface area contributed by atoms with E-state index >= 15 is 0 Å². The number of carbonyl (C=O) groups is 1. The first-order valence-corrected chi connectivity index (χ1v) is 6.78. The molecule has 1 aromatic carbocycles. The van der Waals surface area contributed by atoms with Crippen LogP contribution in [0.3, 0.4) is 0 Å². The van der Waals surface area contributed by atoms with Crippen LogP contribution in [0.4, 0.5) is 4.39 Å². The Balaban J connectivity index is 0.00000200. The van der Waals surface area contributed by atoms with Gasteiger partial charge in [-0.2, -0.15) is 0 Å². The summed E-state index contributed by atoms with van der Waals surface area (Å²) < 4.78 is 12.8. The Morgan fingerprint density at radius 2 is 2.00 bits per heavy atom. The molecule has 1 unspecified atom stereocenters. The SMILES string of the molecule is CC(C(=O)N(C)CCc1ccc(F)cc1)C1CNC1.Cl. The molecule has 1 heterocycles. The number of amides is 1. The van der Waals surface area contributed by atoms with Gasteiger partial charge in [-0.15, -0.1) is 12.4 Å². The summed E-state index contributed by atoms with van der Waals surface area (Å²) in [6.07, 6.45) is 0.762. The number of halogens is 2. The van der Waals surface area contributed by atoms with Crippen LogP contribution in [0.2, 0.25) is 0 Å². The van der Waals surface area contributed by atoms with Gasteiger partial charge >= 0.3 is 0 Å². The van der Waals surface area contributed by atoms with Gasteiger partial charge in [0, 0.05) is 19.5 Å². The lowest BCUT2D eigenvalue weighted by Crippen LogP contribution is -2.50. The van der Waals surface area contributed by atoms with Crippen molar-refractivity contribution in [1.82, 2.24) is 10.2 Å². The average molecular weight is 301 g/mol. The number of nitrogens with one attached hydrogen (secondary N) is 1. The van der Waals surface area contributed by atoms with Crippen molar-refractivity contribution in [3.05, 3.63) is 35.6 Å². The van der Waals surface area contributed by atoms with Crippen molar-refractivity contribution in [2.24, 2.45) is 11.8 Å². The van der Waals surface area contributed by atoms with Crippen LogP contribution >= 0.6 is 12.4 Å². The molecule has 20 heavy (non-hydrogen) atoms. The van der Waals surface area contributed by atoms with Gasteiger partial charge in [-0.1, -0.05) is 19.1 Å². The zero-order valence-corrected chi connectivity index (χ0v) is 12.8. The Labute approximate surface area is 125 Å². The summed E-state index contributed by atoms with van der Waals surface area (Å²) in [5.74, 6) is 0.535. The highest BCUT2D eigenvalue weighted by atomic mass is 35.5. The Morgan fingerprint density at radius 3 is 2.50 bits per heavy atom. The summed E-state index contributed by atoms with van der Waals surface area (Å²) in [5.41, 5.74) is 1.05. The lowest BCUT2D eigenvalue weighted by molar-refractivity contribution is -0.136. The summed E-state index contributed by atoms with van der Waals surface area (Å²) in [4.78, 5) is 14.0. The molecule has 0 spiro atoms. The molecule has 1 atom stereocenters. The Kier molecular flexibility index (Phi) is 6.43. The minimum absolute atomic E-state index is 0. The number of carbonyl (C=O) groups excluding carboxylic acids is 1. The number of hydrogen-bond acceptors (Lipinski definition) is 2. The molecule has 0 aliphatic carbocycles. The van der Waals surface area contributed by atoms with Crippen molar-refractivity contribution >= 4 is 18.3 Å². The average Bonchev–Trinajstić information content (AvgIpc) is 2.34. The Hall–Kier alpha value is -1.13. The van der Waals surface area contributed by atoms with Crippen LogP contribution in [0, 0.1) is 17.7 Å². The standard InChI is InChI=1S/C15H21FN2O.ClH/c1-11(13-9-17-10-13)15(19)18(2)8-7-12-3-5-14(16)6-4-12;/h3-6,11,13,17H,7-10H2,1-2H3;1H. The fourth-order valence-electron chi connectivity index (χ4n) is 2.27. The first-order valence-electron chi connectivity index (χ1n) is 6.78. The van der Waals surface area contributed by atoms with Gasteiger partial charge in [0.2, 0.25) is 5.91 Å². The molecule has 1 amide bonds. The highest BCUT2D eigenvalue weighted by molar-refractivity contribution is 5.85. The second-order valence-corrected chi connectivity index (χ2v) is 5.34. The third kappa shape index (κ3) is 4.18. The molecule has 1 aromatic rings. The number of hydrogen-bond donors (Lipinski definition) is 1. The van der Waals surface area contributed by atoms with Crippen molar-refractivity contribution in [2.75, 3.05) is 26.7 Å². The van der Waals surface area contributed by atoms with E-state index in [0.29, 0.717) is 12.5 Å². The highest BCUT2D eigenvalue weighted by Crippen LogP contribution is 2.18. The lowest BCUT2D eigenvalue weighted by Gasteiger charge is -2.34. The third-order valence-electron chi connectivity index (χ3n) is 3.94. The minimum atomic E-state index is -0.223. The molecule has 0 saturated carbocycles. The van der Waals surface area contributed by atoms with Gasteiger partial charge in [-0.05, 0) is 43.1 Å². The van der Waals surface area contributed by atoms with E-state index in [2.05, 4.69) is 5.32 Å². The summed E-state index contributed by atoms with van der Waals surface area (Å²) in [7, 11) is 1.84. The van der Waals surface area contributed by atoms with E-state index in [0.717, 1.165) is 25.1 Å². The lowest BCUT2D eigenvalue weighted by atomic mass is 9.88. The molecule has 0 radical (unpaired) electrons. The van der Waals surface area contributed by atoms with Crippen LogP contribution in [0.15, 0.2) is 24.3 Å². The monoisotopic (exact) mass is 300 g/mol. The number of benzene rings is 1. The predicted molar refractivity (Wildman–Crippen MR) is 80.5 cm³/mol. The molecule has 5 heteroatoms. The molecule has 1 fully saturated rings. The highest BCUT2D eigenvalue weighted by Gasteiger charge is 2.30. The quantitative estimate of drug-likeness (QED) is 0.903. The fraction of sp³-hybridized carbons (Fsp3) is 0.533. The van der Waals surface area contributed by atoms with Gasteiger partial charge in [0.1, 0.15) is 5.82 Å². The number of rotatable bonds is 5. The van der Waals surface area contributed by atoms with E-state index in [1.54, 1.807) is 17.0 Å². The summed E-state index contributed by atoms with van der Waals surface area (Å²) in [6.45, 7) is 4.56. The molecular formula is C15H22ClFN2O. The number of nitrogens with zero attached hydrogens (tertiary/aromatic N) is 1. The first-order chi connectivity index (χ1) is 9.08. The van der Waals surface area contributed by atoms with Gasteiger partial charge in [-0.25, -0.2) is 4.39 Å². The van der Waals surface area contributed by atoms with E-state index in [1.807, 2.05) is 14.0 Å². The van der Waals surface area contributed by atoms with Crippen LogP contribution in [0.1, 0.15) is 12.5 Å². The van der Waals surface area contributed by atoms with Gasteiger partial charge < -0.3 is 10.2 Å². The minimum Gasteiger partial charge on any atom is -0.345 e. The second-order valence-electron chi connectivity index (χ2n) is 5.34. The largest absolute Gasteiger partial charge is 0.345 e. The maximum Gasteiger partial charge on any atom is 0.225 e. The molecule has 112 valence electrons. The molecule has 1 aliphatic rings. The van der Waals surface area contributed by atoms with Gasteiger partial charge in [0.25, 0.3) is 0 Å². The molecule has 2 rings (SSSR count). The molecule has 1 N–H and O–H groups in total. The fourth-order valence-corrected chi connectivity index (χ4v) is 2.27. The van der Waals surface area contributed by atoms with Crippen LogP contribution in [-0.4, -0.2) is 37.5 Å². The zero-order valence-electron chi connectivity index (χ0n) is 11.9. The second kappa shape index (κ2) is 7.60. The smallest absolute Gasteiger partial charge is 0.225 e. The summed E-state index contributed by atoms with van der Waals surface area (Å²) in [5, 5.41) is 3.19. The van der Waals surface area contributed by atoms with Crippen molar-refractivity contribution in [1.29, 1.82) is 0 Å². The summed E-state index contributed by atoms with van der Waals surface area (Å²) >= 11 is 0. The van der Waals surface area contributed by atoms with Gasteiger partial charge in [-0.3, -0.25) is 4.79 Å². The summed E-state index contributed by atoms with van der Waals surface area (Å²) in [6, 6.07) is 6.46. The maximum atomic E-state index is 12.8. The predicted octanol–water partition coefficient (Wildman–Crippen LogP) is 2.10. The maximum absolute atomic E-state index is 12.8. The van der Waals surface area contributed by atoms with Crippen LogP contribution in [0.25, 0.3) is 0 Å². The van der Waals surface area contributed by atoms with Crippen molar-refractivity contribution in [3.63, 3.8) is 0 Å². The van der Waals surface area contributed by atoms with Crippen molar-refractivity contribution in [2.45, 2.75) is 13.3 Å². The zero-order chi connectivity index (χ0) is 13.8. The van der Waals surface area contributed by atoms with Crippen molar-refractivity contribution in [3.8, 4) is 0 Å². The van der Waals surface area contributed by atoms with Crippen LogP contribution in [0.5, 0.6) is 0 Å². The molecule has 0 bridgehead atoms. The molecule has 3 nitrogen and oxygen atoms in total. The van der Waals surface area contributed by atoms with E-state index in [4.69, 9.17) is 0 Å². The van der Waals surface area contributed by atoms with E-state index in [1.165, 1.54) is 12.1 Å². The van der Waals surface area contributed by atoms with Gasteiger partial charge in [0.05, 0.1) is 0 Å². The topological polar surface area (TPSA) is 32.3 Å². The van der Waals surface area contributed by atoms with Crippen molar-refractivity contribution < 1.29 is 9.18 Å². The Morgan fingerprint density at radius 1 is 1.40 bits per heavy atom. The normalized spacial score (nSPS) is 15.9. The van der Waals surface area contributed by atoms with Crippen LogP contribution < -0.4 is 5.32 Å². The van der Waals surface area contributed by atoms with E-state index < -0.39 is 0 Å².